The van der Waals surface area contributed by atoms with E-state index in [0.29, 0.717) is 17.2 Å². The van der Waals surface area contributed by atoms with E-state index in [1.165, 1.54) is 5.56 Å². The lowest BCUT2D eigenvalue weighted by atomic mass is 10.1. The van der Waals surface area contributed by atoms with Crippen molar-refractivity contribution in [3.63, 3.8) is 0 Å². The molecule has 138 valence electrons. The second-order valence-corrected chi connectivity index (χ2v) is 6.62. The van der Waals surface area contributed by atoms with Crippen LogP contribution in [-0.2, 0) is 0 Å². The molecule has 0 unspecified atom stereocenters. The average Bonchev–Trinajstić information content (AvgIpc) is 2.69. The lowest BCUT2D eigenvalue weighted by Crippen LogP contribution is -2.31. The summed E-state index contributed by atoms with van der Waals surface area (Å²) in [6.07, 6.45) is 2.62. The summed E-state index contributed by atoms with van der Waals surface area (Å²) in [4.78, 5) is 21.3. The Hall–Kier alpha value is -3.21. The highest BCUT2D eigenvalue weighted by Crippen LogP contribution is 2.20. The fourth-order valence-corrected chi connectivity index (χ4v) is 2.57. The van der Waals surface area contributed by atoms with Crippen molar-refractivity contribution < 1.29 is 4.79 Å². The number of anilines is 2. The molecule has 3 rings (SSSR count). The van der Waals surface area contributed by atoms with Gasteiger partial charge in [-0.3, -0.25) is 4.79 Å². The van der Waals surface area contributed by atoms with Crippen molar-refractivity contribution in [2.45, 2.75) is 33.2 Å². The summed E-state index contributed by atoms with van der Waals surface area (Å²) in [5, 5.41) is 6.24. The summed E-state index contributed by atoms with van der Waals surface area (Å²) >= 11 is 0. The molecule has 1 atom stereocenters. The normalized spacial score (nSPS) is 11.7. The number of hydrogen-bond acceptors (Lipinski definition) is 4. The molecule has 0 aliphatic heterocycles. The van der Waals surface area contributed by atoms with Gasteiger partial charge in [-0.25, -0.2) is 9.97 Å². The van der Waals surface area contributed by atoms with Crippen LogP contribution in [-0.4, -0.2) is 21.9 Å². The Morgan fingerprint density at radius 2 is 1.89 bits per heavy atom. The summed E-state index contributed by atoms with van der Waals surface area (Å²) in [5.41, 5.74) is 3.58. The molecule has 0 radical (unpaired) electrons. The molecule has 1 aromatic heterocycles. The number of amides is 1. The first-order valence-corrected chi connectivity index (χ1v) is 9.13. The molecule has 1 heterocycles. The summed E-state index contributed by atoms with van der Waals surface area (Å²) < 4.78 is 0. The highest BCUT2D eigenvalue weighted by atomic mass is 16.1. The molecule has 0 saturated carbocycles. The number of nitrogens with zero attached hydrogens (tertiary/aromatic N) is 2. The number of nitrogens with one attached hydrogen (secondary N) is 2. The zero-order valence-corrected chi connectivity index (χ0v) is 15.9. The monoisotopic (exact) mass is 360 g/mol. The zero-order chi connectivity index (χ0) is 19.2. The van der Waals surface area contributed by atoms with Gasteiger partial charge in [-0.05, 0) is 44.5 Å². The lowest BCUT2D eigenvalue weighted by molar-refractivity contribution is 0.0939. The molecule has 0 aliphatic rings. The molecule has 1 amide bonds. The van der Waals surface area contributed by atoms with Gasteiger partial charge in [0.25, 0.3) is 5.91 Å². The second-order valence-electron chi connectivity index (χ2n) is 6.62. The first kappa shape index (κ1) is 18.6. The molecule has 3 aromatic rings. The van der Waals surface area contributed by atoms with E-state index < -0.39 is 0 Å². The highest BCUT2D eigenvalue weighted by Gasteiger charge is 2.09. The predicted molar refractivity (Wildman–Crippen MR) is 109 cm³/mol. The van der Waals surface area contributed by atoms with Gasteiger partial charge in [-0.15, -0.1) is 0 Å². The van der Waals surface area contributed by atoms with Crippen LogP contribution in [0.4, 0.5) is 11.5 Å². The van der Waals surface area contributed by atoms with Gasteiger partial charge in [0.05, 0.1) is 0 Å². The quantitative estimate of drug-likeness (QED) is 0.667. The molecule has 2 N–H and O–H groups in total. The first-order valence-electron chi connectivity index (χ1n) is 9.13. The SMILES string of the molecule is CC[C@@H](C)NC(=O)c1cccc(Nc2ccnc(-c3ccc(C)cc3)n2)c1. The smallest absolute Gasteiger partial charge is 0.251 e. The number of aryl methyl sites for hydroxylation is 1. The van der Waals surface area contributed by atoms with E-state index in [4.69, 9.17) is 0 Å². The van der Waals surface area contributed by atoms with E-state index in [-0.39, 0.29) is 11.9 Å². The third-order valence-corrected chi connectivity index (χ3v) is 4.35. The largest absolute Gasteiger partial charge is 0.350 e. The van der Waals surface area contributed by atoms with E-state index >= 15 is 0 Å². The first-order chi connectivity index (χ1) is 13.0. The second kappa shape index (κ2) is 8.45. The van der Waals surface area contributed by atoms with Crippen LogP contribution in [0.2, 0.25) is 0 Å². The standard InChI is InChI=1S/C22H24N4O/c1-4-16(3)24-22(27)18-6-5-7-19(14-18)25-20-12-13-23-21(26-20)17-10-8-15(2)9-11-17/h5-14,16H,4H2,1-3H3,(H,24,27)(H,23,25,26)/t16-/m1/s1. The Kier molecular flexibility index (Phi) is 5.81. The minimum Gasteiger partial charge on any atom is -0.350 e. The number of hydrogen-bond donors (Lipinski definition) is 2. The van der Waals surface area contributed by atoms with Gasteiger partial charge < -0.3 is 10.6 Å². The van der Waals surface area contributed by atoms with Gasteiger partial charge in [0, 0.05) is 29.1 Å². The van der Waals surface area contributed by atoms with Gasteiger partial charge >= 0.3 is 0 Å². The van der Waals surface area contributed by atoms with Crippen LogP contribution in [0, 0.1) is 6.92 Å². The van der Waals surface area contributed by atoms with Crippen molar-refractivity contribution >= 4 is 17.4 Å². The third-order valence-electron chi connectivity index (χ3n) is 4.35. The summed E-state index contributed by atoms with van der Waals surface area (Å²) in [5.74, 6) is 1.27. The molecule has 0 bridgehead atoms. The van der Waals surface area contributed by atoms with E-state index in [1.54, 1.807) is 12.3 Å². The number of rotatable bonds is 6. The number of carbonyl (C=O) groups excluding carboxylic acids is 1. The molecular formula is C22H24N4O. The van der Waals surface area contributed by atoms with E-state index in [0.717, 1.165) is 17.7 Å². The summed E-state index contributed by atoms with van der Waals surface area (Å²) in [7, 11) is 0. The maximum atomic E-state index is 12.3. The Balaban J connectivity index is 1.77. The van der Waals surface area contributed by atoms with Crippen molar-refractivity contribution in [2.24, 2.45) is 0 Å². The van der Waals surface area contributed by atoms with Crippen molar-refractivity contribution in [3.05, 3.63) is 71.9 Å². The minimum atomic E-state index is -0.0731. The van der Waals surface area contributed by atoms with Gasteiger partial charge in [0.1, 0.15) is 5.82 Å². The maximum absolute atomic E-state index is 12.3. The predicted octanol–water partition coefficient (Wildman–Crippen LogP) is 4.72. The van der Waals surface area contributed by atoms with Crippen LogP contribution in [0.1, 0.15) is 36.2 Å². The average molecular weight is 360 g/mol. The van der Waals surface area contributed by atoms with Gasteiger partial charge in [0.2, 0.25) is 0 Å². The van der Waals surface area contributed by atoms with Gasteiger partial charge in [0.15, 0.2) is 5.82 Å². The zero-order valence-electron chi connectivity index (χ0n) is 15.9. The van der Waals surface area contributed by atoms with E-state index in [1.807, 2.05) is 69.3 Å². The molecule has 0 fully saturated rings. The molecule has 0 aliphatic carbocycles. The van der Waals surface area contributed by atoms with Gasteiger partial charge in [-0.2, -0.15) is 0 Å². The fraction of sp³-hybridized carbons (Fsp3) is 0.227. The highest BCUT2D eigenvalue weighted by molar-refractivity contribution is 5.95. The summed E-state index contributed by atoms with van der Waals surface area (Å²) in [6, 6.07) is 17.5. The van der Waals surface area contributed by atoms with Crippen LogP contribution in [0.25, 0.3) is 11.4 Å². The molecule has 5 nitrogen and oxygen atoms in total. The van der Waals surface area contributed by atoms with Crippen LogP contribution < -0.4 is 10.6 Å². The van der Waals surface area contributed by atoms with E-state index in [9.17, 15) is 4.79 Å². The molecule has 0 saturated heterocycles. The van der Waals surface area contributed by atoms with Crippen molar-refractivity contribution in [2.75, 3.05) is 5.32 Å². The van der Waals surface area contributed by atoms with Crippen LogP contribution in [0.5, 0.6) is 0 Å². The molecular weight excluding hydrogens is 336 g/mol. The maximum Gasteiger partial charge on any atom is 0.251 e. The molecule has 0 spiro atoms. The Morgan fingerprint density at radius 3 is 2.63 bits per heavy atom. The number of benzene rings is 2. The molecule has 2 aromatic carbocycles. The Morgan fingerprint density at radius 1 is 1.11 bits per heavy atom. The van der Waals surface area contributed by atoms with Crippen LogP contribution >= 0.6 is 0 Å². The number of aromatic nitrogens is 2. The van der Waals surface area contributed by atoms with Crippen LogP contribution in [0.15, 0.2) is 60.8 Å². The lowest BCUT2D eigenvalue weighted by Gasteiger charge is -2.12. The Labute approximate surface area is 159 Å². The van der Waals surface area contributed by atoms with Crippen molar-refractivity contribution in [1.82, 2.24) is 15.3 Å². The Bertz CT molecular complexity index is 922. The topological polar surface area (TPSA) is 66.9 Å². The van der Waals surface area contributed by atoms with Crippen molar-refractivity contribution in [3.8, 4) is 11.4 Å². The third kappa shape index (κ3) is 4.91. The minimum absolute atomic E-state index is 0.0731. The summed E-state index contributed by atoms with van der Waals surface area (Å²) in [6.45, 7) is 6.09. The van der Waals surface area contributed by atoms with E-state index in [2.05, 4.69) is 20.6 Å². The molecule has 5 heteroatoms. The fourth-order valence-electron chi connectivity index (χ4n) is 2.57. The molecule has 27 heavy (non-hydrogen) atoms. The number of carbonyl (C=O) groups is 1. The van der Waals surface area contributed by atoms with Crippen molar-refractivity contribution in [1.29, 1.82) is 0 Å². The van der Waals surface area contributed by atoms with Crippen LogP contribution in [0.3, 0.4) is 0 Å². The van der Waals surface area contributed by atoms with Gasteiger partial charge in [-0.1, -0.05) is 42.8 Å².